The normalized spacial score (nSPS) is 14.3. The third-order valence-electron chi connectivity index (χ3n) is 12.0. The third kappa shape index (κ3) is 48.5. The van der Waals surface area contributed by atoms with Crippen molar-refractivity contribution in [2.45, 2.75) is 251 Å². The van der Waals surface area contributed by atoms with Gasteiger partial charge in [0.25, 0.3) is 0 Å². The Balaban J connectivity index is 5.44. The smallest absolute Gasteiger partial charge is 0.456 e. The number of carbonyl (C=O) groups excluding carboxylic acids is 2. The Labute approximate surface area is 413 Å². The number of rotatable bonds is 49. The van der Waals surface area contributed by atoms with E-state index in [-0.39, 0.29) is 31.5 Å². The van der Waals surface area contributed by atoms with Crippen LogP contribution in [0.2, 0.25) is 0 Å². The number of quaternary nitrogens is 1. The number of amides is 1. The fourth-order valence-electron chi connectivity index (χ4n) is 7.70. The van der Waals surface area contributed by atoms with Crippen LogP contribution in [0.15, 0.2) is 60.8 Å². The van der Waals surface area contributed by atoms with Crippen LogP contribution < -0.4 is 5.32 Å². The molecule has 0 aliphatic rings. The first-order valence-electron chi connectivity index (χ1n) is 27.6. The van der Waals surface area contributed by atoms with Crippen LogP contribution in [0.4, 0.5) is 0 Å². The van der Waals surface area contributed by atoms with Crippen molar-refractivity contribution in [1.82, 2.24) is 5.32 Å². The zero-order valence-corrected chi connectivity index (χ0v) is 45.3. The molecule has 1 amide bonds. The summed E-state index contributed by atoms with van der Waals surface area (Å²) in [6, 6.07) is -0.860. The van der Waals surface area contributed by atoms with Crippen molar-refractivity contribution in [2.24, 2.45) is 0 Å². The quantitative estimate of drug-likeness (QED) is 0.0156. The van der Waals surface area contributed by atoms with Crippen molar-refractivity contribution < 1.29 is 37.3 Å². The number of nitrogens with one attached hydrogen (secondary N) is 1. The van der Waals surface area contributed by atoms with E-state index in [9.17, 15) is 19.0 Å². The van der Waals surface area contributed by atoms with E-state index in [1.54, 1.807) is 0 Å². The number of hydrogen-bond donors (Lipinski definition) is 2. The van der Waals surface area contributed by atoms with Gasteiger partial charge in [-0.25, -0.2) is 4.57 Å². The first kappa shape index (κ1) is 64.7. The van der Waals surface area contributed by atoms with E-state index in [1.807, 2.05) is 33.3 Å². The molecule has 0 radical (unpaired) electrons. The van der Waals surface area contributed by atoms with Crippen molar-refractivity contribution in [2.75, 3.05) is 40.9 Å². The SMILES string of the molecule is CC/C=C/C=C/C=C\CCCCCCCC(=O)NC(COP(=O)(O)OCC[N+](C)(C)C)C(/C=C/CCCCCCCCCCCCC)OC(=O)CCCCCCCCC/C=C\CCCCCC. The zero-order chi connectivity index (χ0) is 49.4. The number of phosphoric ester groups is 1. The minimum Gasteiger partial charge on any atom is -0.456 e. The summed E-state index contributed by atoms with van der Waals surface area (Å²) >= 11 is 0. The Kier molecular flexibility index (Phi) is 45.8. The molecule has 0 heterocycles. The van der Waals surface area contributed by atoms with Crippen LogP contribution in [0.5, 0.6) is 0 Å². The predicted octanol–water partition coefficient (Wildman–Crippen LogP) is 16.3. The predicted molar refractivity (Wildman–Crippen MR) is 286 cm³/mol. The Morgan fingerprint density at radius 1 is 0.537 bits per heavy atom. The Morgan fingerprint density at radius 2 is 0.970 bits per heavy atom. The van der Waals surface area contributed by atoms with Crippen LogP contribution in [0.25, 0.3) is 0 Å². The molecule has 0 fully saturated rings. The van der Waals surface area contributed by atoms with Gasteiger partial charge in [-0.2, -0.15) is 0 Å². The molecule has 0 rings (SSSR count). The maximum absolute atomic E-state index is 13.4. The summed E-state index contributed by atoms with van der Waals surface area (Å²) in [4.78, 5) is 37.5. The van der Waals surface area contributed by atoms with Crippen molar-refractivity contribution in [3.8, 4) is 0 Å². The molecule has 67 heavy (non-hydrogen) atoms. The molecule has 9 nitrogen and oxygen atoms in total. The minimum atomic E-state index is -4.45. The van der Waals surface area contributed by atoms with Crippen LogP contribution in [0.3, 0.4) is 0 Å². The number of phosphoric acid groups is 1. The van der Waals surface area contributed by atoms with Crippen LogP contribution in [0.1, 0.15) is 239 Å². The second-order valence-corrected chi connectivity index (χ2v) is 21.2. The Hall–Kier alpha value is -2.29. The molecule has 0 aromatic heterocycles. The molecule has 0 aromatic carbocycles. The van der Waals surface area contributed by atoms with Gasteiger partial charge in [0.2, 0.25) is 5.91 Å². The summed E-state index contributed by atoms with van der Waals surface area (Å²) in [5, 5.41) is 3.03. The van der Waals surface area contributed by atoms with Crippen molar-refractivity contribution in [3.05, 3.63) is 60.8 Å². The van der Waals surface area contributed by atoms with Gasteiger partial charge in [0.05, 0.1) is 33.8 Å². The summed E-state index contributed by atoms with van der Waals surface area (Å²) in [6.07, 6.45) is 57.8. The lowest BCUT2D eigenvalue weighted by molar-refractivity contribution is -0.870. The van der Waals surface area contributed by atoms with Crippen molar-refractivity contribution >= 4 is 19.7 Å². The lowest BCUT2D eigenvalue weighted by atomic mass is 10.0. The molecular weight excluding hydrogens is 856 g/mol. The summed E-state index contributed by atoms with van der Waals surface area (Å²) in [5.74, 6) is -0.534. The Morgan fingerprint density at radius 3 is 1.48 bits per heavy atom. The number of hydrogen-bond acceptors (Lipinski definition) is 6. The van der Waals surface area contributed by atoms with E-state index in [2.05, 4.69) is 74.7 Å². The number of carbonyl (C=O) groups is 2. The van der Waals surface area contributed by atoms with Gasteiger partial charge in [-0.15, -0.1) is 0 Å². The molecule has 0 aromatic rings. The Bertz CT molecular complexity index is 1340. The van der Waals surface area contributed by atoms with E-state index in [4.69, 9.17) is 13.8 Å². The number of likely N-dealkylation sites (N-methyl/N-ethyl adjacent to an activating group) is 1. The number of esters is 1. The van der Waals surface area contributed by atoms with Gasteiger partial charge in [-0.05, 0) is 76.7 Å². The van der Waals surface area contributed by atoms with Crippen LogP contribution in [-0.4, -0.2) is 74.3 Å². The topological polar surface area (TPSA) is 111 Å². The van der Waals surface area contributed by atoms with Crippen LogP contribution in [0, 0.1) is 0 Å². The van der Waals surface area contributed by atoms with Gasteiger partial charge in [-0.3, -0.25) is 18.6 Å². The maximum Gasteiger partial charge on any atom is 0.472 e. The van der Waals surface area contributed by atoms with E-state index in [1.165, 1.54) is 109 Å². The highest BCUT2D eigenvalue weighted by Gasteiger charge is 2.30. The molecular formula is C57H106N2O7P+. The molecule has 0 spiro atoms. The number of nitrogens with zero attached hydrogens (tertiary/aromatic N) is 1. The zero-order valence-electron chi connectivity index (χ0n) is 44.4. The highest BCUT2D eigenvalue weighted by atomic mass is 31.2. The lowest BCUT2D eigenvalue weighted by Crippen LogP contribution is -2.47. The van der Waals surface area contributed by atoms with Crippen molar-refractivity contribution in [3.63, 3.8) is 0 Å². The number of unbranched alkanes of at least 4 members (excludes halogenated alkanes) is 27. The average Bonchev–Trinajstić information content (AvgIpc) is 3.28. The fraction of sp³-hybridized carbons (Fsp3) is 0.789. The molecule has 0 aliphatic heterocycles. The summed E-state index contributed by atoms with van der Waals surface area (Å²) in [6.45, 7) is 6.84. The largest absolute Gasteiger partial charge is 0.472 e. The number of allylic oxidation sites excluding steroid dienone is 9. The molecule has 3 unspecified atom stereocenters. The van der Waals surface area contributed by atoms with Gasteiger partial charge in [-0.1, -0.05) is 210 Å². The molecule has 0 saturated carbocycles. The molecule has 10 heteroatoms. The van der Waals surface area contributed by atoms with Crippen molar-refractivity contribution in [1.29, 1.82) is 0 Å². The maximum atomic E-state index is 13.4. The second-order valence-electron chi connectivity index (χ2n) is 19.8. The average molecular weight is 962 g/mol. The van der Waals surface area contributed by atoms with E-state index >= 15 is 0 Å². The molecule has 0 aliphatic carbocycles. The molecule has 0 saturated heterocycles. The molecule has 2 N–H and O–H groups in total. The minimum absolute atomic E-state index is 0.0339. The third-order valence-corrected chi connectivity index (χ3v) is 13.0. The van der Waals surface area contributed by atoms with Gasteiger partial charge in [0.1, 0.15) is 19.3 Å². The van der Waals surface area contributed by atoms with Gasteiger partial charge in [0.15, 0.2) is 0 Å². The van der Waals surface area contributed by atoms with Crippen LogP contribution >= 0.6 is 7.82 Å². The lowest BCUT2D eigenvalue weighted by Gasteiger charge is -2.27. The van der Waals surface area contributed by atoms with E-state index in [0.717, 1.165) is 96.3 Å². The van der Waals surface area contributed by atoms with E-state index < -0.39 is 20.0 Å². The highest BCUT2D eigenvalue weighted by Crippen LogP contribution is 2.43. The first-order valence-corrected chi connectivity index (χ1v) is 29.1. The number of ether oxygens (including phenoxy) is 1. The van der Waals surface area contributed by atoms with Gasteiger partial charge >= 0.3 is 13.8 Å². The molecule has 0 bridgehead atoms. The molecule has 3 atom stereocenters. The van der Waals surface area contributed by atoms with Gasteiger partial charge < -0.3 is 19.4 Å². The highest BCUT2D eigenvalue weighted by molar-refractivity contribution is 7.47. The van der Waals surface area contributed by atoms with Gasteiger partial charge in [0, 0.05) is 12.8 Å². The summed E-state index contributed by atoms with van der Waals surface area (Å²) in [5.41, 5.74) is 0. The summed E-state index contributed by atoms with van der Waals surface area (Å²) in [7, 11) is 1.47. The van der Waals surface area contributed by atoms with E-state index in [0.29, 0.717) is 17.4 Å². The monoisotopic (exact) mass is 962 g/mol. The molecule has 390 valence electrons. The standard InChI is InChI=1S/C57H105N2O7P/c1-7-10-13-16-19-22-25-28-29-32-35-38-41-44-47-50-57(61)66-55(48-45-42-39-36-33-30-26-23-20-17-14-11-8-2)54(53-65-67(62,63)64-52-51-59(4,5)6)58-56(60)49-46-43-40-37-34-31-27-24-21-18-15-12-9-3/h12,15,18,21-22,24-25,27,45,48,54-55H,7-11,13-14,16-17,19-20,23,26,28-44,46-47,49-53H2,1-6H3,(H-,58,60,62,63)/p+1/b15-12+,21-18+,25-22-,27-24-,48-45+. The fourth-order valence-corrected chi connectivity index (χ4v) is 8.43. The van der Waals surface area contributed by atoms with Crippen LogP contribution in [-0.2, 0) is 27.9 Å². The second kappa shape index (κ2) is 47.4. The first-order chi connectivity index (χ1) is 32.4. The summed E-state index contributed by atoms with van der Waals surface area (Å²) < 4.78 is 30.6.